The van der Waals surface area contributed by atoms with Crippen molar-refractivity contribution in [2.24, 2.45) is 5.92 Å². The van der Waals surface area contributed by atoms with Gasteiger partial charge in [-0.25, -0.2) is 0 Å². The summed E-state index contributed by atoms with van der Waals surface area (Å²) in [4.78, 5) is 12.4. The smallest absolute Gasteiger partial charge is 0.306 e. The summed E-state index contributed by atoms with van der Waals surface area (Å²) in [5, 5.41) is 27.9. The first-order valence-corrected chi connectivity index (χ1v) is 7.22. The summed E-state index contributed by atoms with van der Waals surface area (Å²) >= 11 is 0. The highest BCUT2D eigenvalue weighted by Crippen LogP contribution is 2.15. The van der Waals surface area contributed by atoms with E-state index in [0.717, 1.165) is 19.5 Å². The molecule has 0 radical (unpaired) electrons. The van der Waals surface area contributed by atoms with Crippen molar-refractivity contribution in [2.45, 2.75) is 32.0 Å². The number of rotatable bonds is 6. The second-order valence-electron chi connectivity index (χ2n) is 5.87. The number of likely N-dealkylation sites (tertiary alicyclic amines) is 1. The number of aromatic nitrogens is 2. The fourth-order valence-corrected chi connectivity index (χ4v) is 2.77. The predicted octanol–water partition coefficient (Wildman–Crippen LogP) is 0.0820. The lowest BCUT2D eigenvalue weighted by molar-refractivity contribution is -0.385. The van der Waals surface area contributed by atoms with Crippen molar-refractivity contribution in [3.05, 3.63) is 22.5 Å². The summed E-state index contributed by atoms with van der Waals surface area (Å²) in [5.74, 6) is 0.543. The minimum absolute atomic E-state index is 0.0564. The molecule has 1 aromatic rings. The minimum atomic E-state index is -0.614. The Hall–Kier alpha value is -1.51. The molecule has 0 aliphatic carbocycles. The van der Waals surface area contributed by atoms with E-state index in [1.165, 1.54) is 17.1 Å². The third-order valence-corrected chi connectivity index (χ3v) is 3.95. The first-order valence-electron chi connectivity index (χ1n) is 7.22. The molecule has 1 saturated heterocycles. The van der Waals surface area contributed by atoms with Crippen LogP contribution in [-0.4, -0.2) is 63.5 Å². The van der Waals surface area contributed by atoms with Gasteiger partial charge in [0.05, 0.1) is 17.6 Å². The molecule has 0 bridgehead atoms. The van der Waals surface area contributed by atoms with Gasteiger partial charge in [0, 0.05) is 19.1 Å². The van der Waals surface area contributed by atoms with Gasteiger partial charge in [0.25, 0.3) is 0 Å². The summed E-state index contributed by atoms with van der Waals surface area (Å²) in [5.41, 5.74) is -0.0564. The second-order valence-corrected chi connectivity index (χ2v) is 5.87. The molecule has 8 nitrogen and oxygen atoms in total. The maximum Gasteiger partial charge on any atom is 0.306 e. The Kier molecular flexibility index (Phi) is 5.27. The van der Waals surface area contributed by atoms with Gasteiger partial charge in [0.2, 0.25) is 0 Å². The Bertz CT molecular complexity index is 478. The van der Waals surface area contributed by atoms with Crippen molar-refractivity contribution >= 4 is 5.69 Å². The Labute approximate surface area is 123 Å². The first kappa shape index (κ1) is 15.9. The van der Waals surface area contributed by atoms with Crippen LogP contribution in [0.1, 0.15) is 13.3 Å². The zero-order valence-corrected chi connectivity index (χ0v) is 12.5. The molecule has 1 aliphatic heterocycles. The van der Waals surface area contributed by atoms with Crippen molar-refractivity contribution in [2.75, 3.05) is 26.7 Å². The summed E-state index contributed by atoms with van der Waals surface area (Å²) in [6.07, 6.45) is 2.98. The zero-order valence-electron chi connectivity index (χ0n) is 12.5. The van der Waals surface area contributed by atoms with Gasteiger partial charge in [-0.15, -0.1) is 0 Å². The molecular weight excluding hydrogens is 274 g/mol. The van der Waals surface area contributed by atoms with E-state index in [0.29, 0.717) is 18.5 Å². The third kappa shape index (κ3) is 4.48. The molecular formula is C13H23N5O3. The number of nitro groups is 1. The summed E-state index contributed by atoms with van der Waals surface area (Å²) in [6, 6.07) is 0.405. The largest absolute Gasteiger partial charge is 0.390 e. The number of nitrogens with zero attached hydrogens (tertiary/aromatic N) is 4. The van der Waals surface area contributed by atoms with Crippen molar-refractivity contribution in [3.8, 4) is 0 Å². The number of hydrogen-bond acceptors (Lipinski definition) is 6. The van der Waals surface area contributed by atoms with E-state index < -0.39 is 11.0 Å². The Morgan fingerprint density at radius 2 is 2.43 bits per heavy atom. The van der Waals surface area contributed by atoms with Crippen LogP contribution in [0.15, 0.2) is 12.4 Å². The number of aliphatic hydroxyl groups is 1. The molecule has 2 N–H and O–H groups in total. The van der Waals surface area contributed by atoms with Crippen LogP contribution in [0.25, 0.3) is 0 Å². The molecule has 0 spiro atoms. The van der Waals surface area contributed by atoms with E-state index in [9.17, 15) is 15.2 Å². The third-order valence-electron chi connectivity index (χ3n) is 3.95. The number of nitrogens with one attached hydrogen (secondary N) is 1. The van der Waals surface area contributed by atoms with E-state index in [2.05, 4.69) is 29.3 Å². The quantitative estimate of drug-likeness (QED) is 0.570. The van der Waals surface area contributed by atoms with E-state index in [4.69, 9.17) is 0 Å². The SMILES string of the molecule is CC1CN(C)CCC1NCC(O)Cn1cc([N+](=O)[O-])cn1. The van der Waals surface area contributed by atoms with Crippen LogP contribution >= 0.6 is 0 Å². The molecule has 0 aromatic carbocycles. The Balaban J connectivity index is 1.76. The number of hydrogen-bond donors (Lipinski definition) is 2. The average molecular weight is 297 g/mol. The minimum Gasteiger partial charge on any atom is -0.390 e. The highest BCUT2D eigenvalue weighted by Gasteiger charge is 2.24. The van der Waals surface area contributed by atoms with Crippen molar-refractivity contribution in [1.29, 1.82) is 0 Å². The lowest BCUT2D eigenvalue weighted by Gasteiger charge is -2.35. The highest BCUT2D eigenvalue weighted by molar-refractivity contribution is 5.20. The molecule has 118 valence electrons. The Morgan fingerprint density at radius 3 is 3.05 bits per heavy atom. The summed E-state index contributed by atoms with van der Waals surface area (Å²) in [7, 11) is 2.12. The van der Waals surface area contributed by atoms with Crippen LogP contribution in [0, 0.1) is 16.0 Å². The standard InChI is InChI=1S/C13H23N5O3/c1-10-7-16(2)4-3-13(10)14-6-12(19)9-17-8-11(5-15-17)18(20)21/h5,8,10,12-14,19H,3-4,6-7,9H2,1-2H3. The lowest BCUT2D eigenvalue weighted by Crippen LogP contribution is -2.49. The lowest BCUT2D eigenvalue weighted by atomic mass is 9.94. The van der Waals surface area contributed by atoms with E-state index in [-0.39, 0.29) is 12.2 Å². The topological polar surface area (TPSA) is 96.5 Å². The van der Waals surface area contributed by atoms with Crippen molar-refractivity contribution in [3.63, 3.8) is 0 Å². The van der Waals surface area contributed by atoms with Crippen molar-refractivity contribution in [1.82, 2.24) is 20.0 Å². The normalized spacial score (nSPS) is 24.9. The Morgan fingerprint density at radius 1 is 1.67 bits per heavy atom. The van der Waals surface area contributed by atoms with Gasteiger partial charge in [-0.3, -0.25) is 14.8 Å². The van der Waals surface area contributed by atoms with Gasteiger partial charge in [-0.2, -0.15) is 5.10 Å². The van der Waals surface area contributed by atoms with Crippen LogP contribution in [0.4, 0.5) is 5.69 Å². The number of piperidine rings is 1. The summed E-state index contributed by atoms with van der Waals surface area (Å²) < 4.78 is 1.41. The van der Waals surface area contributed by atoms with Crippen LogP contribution in [-0.2, 0) is 6.54 Å². The molecule has 21 heavy (non-hydrogen) atoms. The monoisotopic (exact) mass is 297 g/mol. The molecule has 3 unspecified atom stereocenters. The fraction of sp³-hybridized carbons (Fsp3) is 0.769. The maximum absolute atomic E-state index is 10.6. The van der Waals surface area contributed by atoms with E-state index >= 15 is 0 Å². The second kappa shape index (κ2) is 6.97. The van der Waals surface area contributed by atoms with Crippen LogP contribution in [0.3, 0.4) is 0 Å². The van der Waals surface area contributed by atoms with Crippen LogP contribution in [0.5, 0.6) is 0 Å². The fourth-order valence-electron chi connectivity index (χ4n) is 2.77. The molecule has 0 saturated carbocycles. The molecule has 3 atom stereocenters. The summed E-state index contributed by atoms with van der Waals surface area (Å²) in [6.45, 7) is 5.04. The molecule has 8 heteroatoms. The van der Waals surface area contributed by atoms with Crippen LogP contribution in [0.2, 0.25) is 0 Å². The van der Waals surface area contributed by atoms with E-state index in [1.807, 2.05) is 0 Å². The predicted molar refractivity (Wildman–Crippen MR) is 78.0 cm³/mol. The van der Waals surface area contributed by atoms with Gasteiger partial charge in [-0.05, 0) is 25.9 Å². The zero-order chi connectivity index (χ0) is 15.4. The van der Waals surface area contributed by atoms with Gasteiger partial charge < -0.3 is 15.3 Å². The first-order chi connectivity index (χ1) is 9.95. The van der Waals surface area contributed by atoms with Gasteiger partial charge >= 0.3 is 5.69 Å². The van der Waals surface area contributed by atoms with Crippen molar-refractivity contribution < 1.29 is 10.0 Å². The van der Waals surface area contributed by atoms with Crippen LogP contribution < -0.4 is 5.32 Å². The van der Waals surface area contributed by atoms with Gasteiger partial charge in [0.1, 0.15) is 12.4 Å². The molecule has 2 rings (SSSR count). The number of aliphatic hydroxyl groups excluding tert-OH is 1. The highest BCUT2D eigenvalue weighted by atomic mass is 16.6. The molecule has 1 aliphatic rings. The molecule has 1 fully saturated rings. The maximum atomic E-state index is 10.6. The van der Waals surface area contributed by atoms with Gasteiger partial charge in [0.15, 0.2) is 0 Å². The molecule has 0 amide bonds. The average Bonchev–Trinajstić information content (AvgIpc) is 2.86. The van der Waals surface area contributed by atoms with E-state index in [1.54, 1.807) is 0 Å². The van der Waals surface area contributed by atoms with Gasteiger partial charge in [-0.1, -0.05) is 6.92 Å². The molecule has 2 heterocycles. The molecule has 1 aromatic heterocycles.